The molecule has 0 saturated heterocycles. The van der Waals surface area contributed by atoms with Gasteiger partial charge in [-0.2, -0.15) is 0 Å². The van der Waals surface area contributed by atoms with E-state index >= 15 is 0 Å². The Kier molecular flexibility index (Phi) is 5.55. The molecular weight excluding hydrogens is 308 g/mol. The topological polar surface area (TPSA) is 133 Å². The van der Waals surface area contributed by atoms with Crippen LogP contribution >= 0.6 is 0 Å². The number of aryl methyl sites for hydroxylation is 1. The van der Waals surface area contributed by atoms with Crippen LogP contribution in [-0.2, 0) is 0 Å². The first kappa shape index (κ1) is 18.3. The summed E-state index contributed by atoms with van der Waals surface area (Å²) in [7, 11) is 0. The minimum atomic E-state index is -0.826. The van der Waals surface area contributed by atoms with E-state index < -0.39 is 38.0 Å². The van der Waals surface area contributed by atoms with Crippen molar-refractivity contribution in [3.8, 4) is 0 Å². The van der Waals surface area contributed by atoms with E-state index in [2.05, 4.69) is 0 Å². The Bertz CT molecular complexity index is 656. The molecule has 0 heterocycles. The van der Waals surface area contributed by atoms with Gasteiger partial charge in [-0.1, -0.05) is 18.9 Å². The van der Waals surface area contributed by atoms with Gasteiger partial charge in [-0.05, 0) is 32.3 Å². The molecule has 0 aliphatic rings. The molecule has 0 saturated carbocycles. The van der Waals surface area contributed by atoms with E-state index in [1.54, 1.807) is 13.8 Å². The van der Waals surface area contributed by atoms with Crippen LogP contribution in [0, 0.1) is 44.2 Å². The van der Waals surface area contributed by atoms with Crippen molar-refractivity contribution in [1.82, 2.24) is 0 Å². The second kappa shape index (κ2) is 6.99. The number of anilines is 1. The van der Waals surface area contributed by atoms with Crippen LogP contribution in [0.2, 0.25) is 0 Å². The molecule has 0 amide bonds. The molecule has 0 unspecified atom stereocenters. The Morgan fingerprint density at radius 1 is 1.04 bits per heavy atom. The van der Waals surface area contributed by atoms with Gasteiger partial charge >= 0.3 is 11.4 Å². The fourth-order valence-electron chi connectivity index (χ4n) is 2.49. The minimum absolute atomic E-state index is 0.174. The van der Waals surface area contributed by atoms with Crippen LogP contribution < -0.4 is 5.01 Å². The monoisotopic (exact) mass is 326 g/mol. The third kappa shape index (κ3) is 3.35. The molecule has 1 rings (SSSR count). The van der Waals surface area contributed by atoms with Gasteiger partial charge in [0.15, 0.2) is 5.03 Å². The summed E-state index contributed by atoms with van der Waals surface area (Å²) in [4.78, 5) is 32.6. The average molecular weight is 326 g/mol. The van der Waals surface area contributed by atoms with Crippen LogP contribution in [0.4, 0.5) is 17.1 Å². The van der Waals surface area contributed by atoms with Crippen LogP contribution in [0.25, 0.3) is 0 Å². The van der Waals surface area contributed by atoms with E-state index in [-0.39, 0.29) is 5.56 Å². The fraction of sp³-hybridized carbons (Fsp3) is 0.538. The number of nitrogens with zero attached hydrogens (tertiary/aromatic N) is 4. The van der Waals surface area contributed by atoms with Crippen LogP contribution in [0.3, 0.4) is 0 Å². The first-order valence-electron chi connectivity index (χ1n) is 7.03. The average Bonchev–Trinajstić information content (AvgIpc) is 2.46. The summed E-state index contributed by atoms with van der Waals surface area (Å²) >= 11 is 0. The lowest BCUT2D eigenvalue weighted by atomic mass is 10.0. The first-order valence-corrected chi connectivity index (χ1v) is 7.03. The van der Waals surface area contributed by atoms with Crippen LogP contribution in [0.5, 0.6) is 0 Å². The molecule has 0 aliphatic heterocycles. The molecule has 0 aliphatic carbocycles. The van der Waals surface area contributed by atoms with E-state index in [4.69, 9.17) is 0 Å². The number of hydrogen-bond donors (Lipinski definition) is 0. The molecule has 0 atom stereocenters. The Balaban J connectivity index is 3.90. The Labute approximate surface area is 132 Å². The number of rotatable bonds is 7. The summed E-state index contributed by atoms with van der Waals surface area (Å²) in [5.41, 5.74) is -1.29. The number of hydrogen-bond acceptors (Lipinski definition) is 6. The first-order chi connectivity index (χ1) is 10.7. The Morgan fingerprint density at radius 2 is 1.57 bits per heavy atom. The van der Waals surface area contributed by atoms with Crippen molar-refractivity contribution in [2.75, 3.05) is 5.01 Å². The summed E-state index contributed by atoms with van der Waals surface area (Å²) in [6.07, 6.45) is 0.636. The molecule has 10 heteroatoms. The molecule has 0 bridgehead atoms. The molecule has 0 spiro atoms. The lowest BCUT2D eigenvalue weighted by molar-refractivity contribution is -0.503. The van der Waals surface area contributed by atoms with Crippen molar-refractivity contribution < 1.29 is 14.9 Å². The summed E-state index contributed by atoms with van der Waals surface area (Å²) in [5, 5.41) is 34.0. The minimum Gasteiger partial charge on any atom is -0.258 e. The number of hydrazine groups is 1. The van der Waals surface area contributed by atoms with Crippen LogP contribution in [0.1, 0.15) is 37.8 Å². The van der Waals surface area contributed by atoms with Gasteiger partial charge < -0.3 is 0 Å². The SMILES string of the molecule is CCC(CC)N(c1c([N+](=O)[O-])cc(C)c(C)c1[N+](=O)[O-])[N+](=O)[O-]. The van der Waals surface area contributed by atoms with E-state index in [1.165, 1.54) is 13.8 Å². The second-order valence-electron chi connectivity index (χ2n) is 5.10. The van der Waals surface area contributed by atoms with Gasteiger partial charge in [0, 0.05) is 11.6 Å². The molecule has 0 N–H and O–H groups in total. The lowest BCUT2D eigenvalue weighted by Gasteiger charge is -2.22. The maximum Gasteiger partial charge on any atom is 0.308 e. The third-order valence-electron chi connectivity index (χ3n) is 3.84. The normalized spacial score (nSPS) is 10.7. The van der Waals surface area contributed by atoms with Gasteiger partial charge in [0.25, 0.3) is 5.69 Å². The number of nitro benzene ring substituents is 2. The quantitative estimate of drug-likeness (QED) is 0.554. The van der Waals surface area contributed by atoms with E-state index in [0.29, 0.717) is 23.4 Å². The van der Waals surface area contributed by atoms with Gasteiger partial charge in [0.2, 0.25) is 0 Å². The summed E-state index contributed by atoms with van der Waals surface area (Å²) in [5.74, 6) is 0. The highest BCUT2D eigenvalue weighted by atomic mass is 16.7. The molecule has 126 valence electrons. The van der Waals surface area contributed by atoms with E-state index in [1.807, 2.05) is 0 Å². The zero-order chi connectivity index (χ0) is 17.9. The maximum atomic E-state index is 11.5. The zero-order valence-electron chi connectivity index (χ0n) is 13.3. The zero-order valence-corrected chi connectivity index (χ0v) is 13.3. The summed E-state index contributed by atoms with van der Waals surface area (Å²) < 4.78 is 0. The molecule has 0 radical (unpaired) electrons. The molecule has 10 nitrogen and oxygen atoms in total. The molecule has 0 aromatic heterocycles. The summed E-state index contributed by atoms with van der Waals surface area (Å²) in [6, 6.07) is 0.445. The van der Waals surface area contributed by atoms with Gasteiger partial charge in [-0.3, -0.25) is 20.2 Å². The van der Waals surface area contributed by atoms with Crippen molar-refractivity contribution in [2.24, 2.45) is 0 Å². The van der Waals surface area contributed by atoms with Crippen molar-refractivity contribution in [1.29, 1.82) is 0 Å². The predicted octanol–water partition coefficient (Wildman–Crippen LogP) is 3.31. The largest absolute Gasteiger partial charge is 0.308 e. The molecule has 1 aromatic rings. The van der Waals surface area contributed by atoms with Crippen molar-refractivity contribution in [2.45, 2.75) is 46.6 Å². The maximum absolute atomic E-state index is 11.5. The number of nitro groups is 3. The number of benzene rings is 1. The van der Waals surface area contributed by atoms with E-state index in [9.17, 15) is 30.3 Å². The van der Waals surface area contributed by atoms with Crippen molar-refractivity contribution in [3.63, 3.8) is 0 Å². The van der Waals surface area contributed by atoms with Crippen molar-refractivity contribution in [3.05, 3.63) is 47.5 Å². The Hall–Kier alpha value is -2.78. The molecule has 1 aromatic carbocycles. The summed E-state index contributed by atoms with van der Waals surface area (Å²) in [6.45, 7) is 6.28. The second-order valence-corrected chi connectivity index (χ2v) is 5.10. The highest BCUT2D eigenvalue weighted by Crippen LogP contribution is 2.43. The predicted molar refractivity (Wildman–Crippen MR) is 83.1 cm³/mol. The van der Waals surface area contributed by atoms with Crippen molar-refractivity contribution >= 4 is 17.1 Å². The van der Waals surface area contributed by atoms with Crippen LogP contribution in [-0.4, -0.2) is 20.9 Å². The molecule has 0 fully saturated rings. The van der Waals surface area contributed by atoms with E-state index in [0.717, 1.165) is 6.07 Å². The fourth-order valence-corrected chi connectivity index (χ4v) is 2.49. The molecule has 23 heavy (non-hydrogen) atoms. The molecular formula is C13H18N4O6. The lowest BCUT2D eigenvalue weighted by Crippen LogP contribution is -2.40. The third-order valence-corrected chi connectivity index (χ3v) is 3.84. The smallest absolute Gasteiger partial charge is 0.258 e. The highest BCUT2D eigenvalue weighted by molar-refractivity contribution is 5.78. The Morgan fingerprint density at radius 3 is 1.91 bits per heavy atom. The van der Waals surface area contributed by atoms with Crippen LogP contribution in [0.15, 0.2) is 6.07 Å². The van der Waals surface area contributed by atoms with Gasteiger partial charge in [-0.25, -0.2) is 10.1 Å². The van der Waals surface area contributed by atoms with Gasteiger partial charge in [-0.15, -0.1) is 0 Å². The standard InChI is InChI=1S/C13H18N4O6/c1-5-10(6-2)14(17(22)23)13-11(15(18)19)7-8(3)9(4)12(13)16(20)21/h7,10H,5-6H2,1-4H3. The highest BCUT2D eigenvalue weighted by Gasteiger charge is 2.41. The van der Waals surface area contributed by atoms with Gasteiger partial charge in [0.1, 0.15) is 0 Å². The van der Waals surface area contributed by atoms with Gasteiger partial charge in [0.05, 0.1) is 15.9 Å².